The number of rotatable bonds is 3. The predicted molar refractivity (Wildman–Crippen MR) is 69.8 cm³/mol. The van der Waals surface area contributed by atoms with Gasteiger partial charge in [-0.05, 0) is 50.4 Å². The van der Waals surface area contributed by atoms with Crippen LogP contribution in [-0.2, 0) is 4.79 Å². The lowest BCUT2D eigenvalue weighted by molar-refractivity contribution is -0.134. The van der Waals surface area contributed by atoms with Crippen LogP contribution in [-0.4, -0.2) is 5.97 Å². The Hall–Kier alpha value is 0.130. The highest BCUT2D eigenvalue weighted by Crippen LogP contribution is 2.36. The maximum absolute atomic E-state index is 11.3. The zero-order chi connectivity index (χ0) is 11.4. The van der Waals surface area contributed by atoms with Crippen molar-refractivity contribution in [2.45, 2.75) is 12.8 Å². The molecule has 0 amide bonds. The minimum atomic E-state index is -0.284. The van der Waals surface area contributed by atoms with Gasteiger partial charge in [0, 0.05) is 10.9 Å². The molecule has 5 heteroatoms. The molecule has 0 saturated carbocycles. The van der Waals surface area contributed by atoms with Gasteiger partial charge in [-0.1, -0.05) is 22.9 Å². The standard InChI is InChI=1S/C10H8Br3O2/c1-2-3-9(14)15-10-7(12)4-6(11)5-8(10)13/h4-5H,1-3H2. The zero-order valence-corrected chi connectivity index (χ0v) is 12.5. The lowest BCUT2D eigenvalue weighted by Gasteiger charge is -2.08. The van der Waals surface area contributed by atoms with Crippen LogP contribution in [0, 0.1) is 6.92 Å². The molecule has 0 unspecified atom stereocenters. The average Bonchev–Trinajstić information content (AvgIpc) is 2.11. The molecule has 0 aromatic heterocycles. The van der Waals surface area contributed by atoms with Gasteiger partial charge >= 0.3 is 5.97 Å². The van der Waals surface area contributed by atoms with Crippen LogP contribution in [0.15, 0.2) is 25.6 Å². The van der Waals surface area contributed by atoms with Gasteiger partial charge in [0.15, 0.2) is 5.75 Å². The Labute approximate surface area is 114 Å². The number of esters is 1. The normalized spacial score (nSPS) is 10.1. The molecule has 0 saturated heterocycles. The van der Waals surface area contributed by atoms with Gasteiger partial charge in [0.1, 0.15) is 0 Å². The molecule has 0 fully saturated rings. The summed E-state index contributed by atoms with van der Waals surface area (Å²) in [6.07, 6.45) is 0.847. The molecule has 1 aromatic rings. The first-order valence-electron chi connectivity index (χ1n) is 4.19. The van der Waals surface area contributed by atoms with Crippen molar-refractivity contribution >= 4 is 53.8 Å². The van der Waals surface area contributed by atoms with Gasteiger partial charge in [-0.2, -0.15) is 0 Å². The van der Waals surface area contributed by atoms with Crippen molar-refractivity contribution in [2.75, 3.05) is 0 Å². The highest BCUT2D eigenvalue weighted by molar-refractivity contribution is 9.11. The highest BCUT2D eigenvalue weighted by Gasteiger charge is 2.12. The van der Waals surface area contributed by atoms with E-state index in [2.05, 4.69) is 54.7 Å². The Bertz CT molecular complexity index is 354. The minimum absolute atomic E-state index is 0.284. The number of hydrogen-bond donors (Lipinski definition) is 0. The molecule has 0 aliphatic heterocycles. The number of carbonyl (C=O) groups excluding carboxylic acids is 1. The first kappa shape index (κ1) is 13.2. The van der Waals surface area contributed by atoms with Crippen molar-refractivity contribution < 1.29 is 9.53 Å². The molecule has 0 heterocycles. The Morgan fingerprint density at radius 2 is 1.80 bits per heavy atom. The average molecular weight is 400 g/mol. The summed E-state index contributed by atoms with van der Waals surface area (Å²) >= 11 is 9.98. The molecule has 1 aromatic carbocycles. The molecule has 0 N–H and O–H groups in total. The fourth-order valence-corrected chi connectivity index (χ4v) is 3.36. The van der Waals surface area contributed by atoms with Crippen molar-refractivity contribution in [2.24, 2.45) is 0 Å². The third kappa shape index (κ3) is 3.89. The Morgan fingerprint density at radius 3 is 2.27 bits per heavy atom. The van der Waals surface area contributed by atoms with E-state index in [4.69, 9.17) is 4.74 Å². The van der Waals surface area contributed by atoms with Gasteiger partial charge in [0.25, 0.3) is 0 Å². The maximum atomic E-state index is 11.3. The Balaban J connectivity index is 2.90. The quantitative estimate of drug-likeness (QED) is 0.552. The molecule has 0 atom stereocenters. The number of ether oxygens (including phenoxy) is 1. The zero-order valence-electron chi connectivity index (χ0n) is 7.73. The third-order valence-corrected chi connectivity index (χ3v) is 3.20. The van der Waals surface area contributed by atoms with Crippen molar-refractivity contribution in [3.63, 3.8) is 0 Å². The van der Waals surface area contributed by atoms with E-state index in [9.17, 15) is 4.79 Å². The van der Waals surface area contributed by atoms with E-state index >= 15 is 0 Å². The molecule has 81 valence electrons. The van der Waals surface area contributed by atoms with Crippen LogP contribution in [0.5, 0.6) is 5.75 Å². The third-order valence-electron chi connectivity index (χ3n) is 1.56. The summed E-state index contributed by atoms with van der Waals surface area (Å²) < 4.78 is 7.53. The van der Waals surface area contributed by atoms with Crippen LogP contribution < -0.4 is 4.74 Å². The lowest BCUT2D eigenvalue weighted by Crippen LogP contribution is -2.07. The smallest absolute Gasteiger partial charge is 0.311 e. The first-order chi connectivity index (χ1) is 7.04. The molecule has 1 rings (SSSR count). The Morgan fingerprint density at radius 1 is 1.27 bits per heavy atom. The lowest BCUT2D eigenvalue weighted by atomic mass is 10.3. The molecular weight excluding hydrogens is 392 g/mol. The Kier molecular flexibility index (Phi) is 5.29. The van der Waals surface area contributed by atoms with E-state index in [1.165, 1.54) is 0 Å². The summed E-state index contributed by atoms with van der Waals surface area (Å²) in [4.78, 5) is 11.3. The van der Waals surface area contributed by atoms with Gasteiger partial charge < -0.3 is 4.74 Å². The second-order valence-corrected chi connectivity index (χ2v) is 5.40. The van der Waals surface area contributed by atoms with Gasteiger partial charge in [-0.3, -0.25) is 4.79 Å². The van der Waals surface area contributed by atoms with E-state index < -0.39 is 0 Å². The van der Waals surface area contributed by atoms with Gasteiger partial charge in [-0.15, -0.1) is 0 Å². The van der Waals surface area contributed by atoms with Crippen LogP contribution in [0.2, 0.25) is 0 Å². The predicted octanol–water partition coefficient (Wildman–Crippen LogP) is 4.49. The SMILES string of the molecule is [CH2]CCC(=O)Oc1c(Br)cc(Br)cc1Br. The number of benzene rings is 1. The minimum Gasteiger partial charge on any atom is -0.424 e. The molecule has 0 bridgehead atoms. The van der Waals surface area contributed by atoms with Crippen molar-refractivity contribution in [1.29, 1.82) is 0 Å². The summed E-state index contributed by atoms with van der Waals surface area (Å²) in [5.41, 5.74) is 0. The number of carbonyl (C=O) groups is 1. The first-order valence-corrected chi connectivity index (χ1v) is 6.57. The molecule has 0 spiro atoms. The van der Waals surface area contributed by atoms with E-state index in [1.807, 2.05) is 12.1 Å². The fourth-order valence-electron chi connectivity index (χ4n) is 0.936. The second-order valence-electron chi connectivity index (χ2n) is 2.78. The summed E-state index contributed by atoms with van der Waals surface area (Å²) in [5, 5.41) is 0. The number of hydrogen-bond acceptors (Lipinski definition) is 2. The molecule has 1 radical (unpaired) electrons. The van der Waals surface area contributed by atoms with Gasteiger partial charge in [0.05, 0.1) is 8.95 Å². The van der Waals surface area contributed by atoms with Crippen molar-refractivity contribution in [1.82, 2.24) is 0 Å². The largest absolute Gasteiger partial charge is 0.424 e. The second kappa shape index (κ2) is 6.01. The van der Waals surface area contributed by atoms with Crippen LogP contribution in [0.1, 0.15) is 12.8 Å². The summed E-state index contributed by atoms with van der Waals surface area (Å²) in [7, 11) is 0. The van der Waals surface area contributed by atoms with E-state index in [0.29, 0.717) is 18.6 Å². The molecule has 0 aliphatic carbocycles. The summed E-state index contributed by atoms with van der Waals surface area (Å²) in [6.45, 7) is 3.59. The van der Waals surface area contributed by atoms with Crippen molar-refractivity contribution in [3.8, 4) is 5.75 Å². The number of halogens is 3. The fraction of sp³-hybridized carbons (Fsp3) is 0.200. The highest BCUT2D eigenvalue weighted by atomic mass is 79.9. The van der Waals surface area contributed by atoms with Gasteiger partial charge in [-0.25, -0.2) is 0 Å². The van der Waals surface area contributed by atoms with Gasteiger partial charge in [0.2, 0.25) is 0 Å². The molecule has 15 heavy (non-hydrogen) atoms. The molecular formula is C10H8Br3O2. The van der Waals surface area contributed by atoms with Crippen LogP contribution >= 0.6 is 47.8 Å². The summed E-state index contributed by atoms with van der Waals surface area (Å²) in [6, 6.07) is 3.63. The van der Waals surface area contributed by atoms with Crippen LogP contribution in [0.3, 0.4) is 0 Å². The van der Waals surface area contributed by atoms with E-state index in [-0.39, 0.29) is 5.97 Å². The van der Waals surface area contributed by atoms with Crippen molar-refractivity contribution in [3.05, 3.63) is 32.5 Å². The van der Waals surface area contributed by atoms with Crippen LogP contribution in [0.4, 0.5) is 0 Å². The topological polar surface area (TPSA) is 26.3 Å². The summed E-state index contributed by atoms with van der Waals surface area (Å²) in [5.74, 6) is 0.213. The van der Waals surface area contributed by atoms with E-state index in [1.54, 1.807) is 0 Å². The molecule has 0 aliphatic rings. The van der Waals surface area contributed by atoms with E-state index in [0.717, 1.165) is 13.4 Å². The monoisotopic (exact) mass is 397 g/mol. The maximum Gasteiger partial charge on any atom is 0.311 e. The molecule has 2 nitrogen and oxygen atoms in total. The van der Waals surface area contributed by atoms with Crippen LogP contribution in [0.25, 0.3) is 0 Å².